The minimum absolute atomic E-state index is 0.0877. The average molecular weight is 396 g/mol. The van der Waals surface area contributed by atoms with Crippen LogP contribution in [0.5, 0.6) is 5.75 Å². The summed E-state index contributed by atoms with van der Waals surface area (Å²) < 4.78 is 4.96. The lowest BCUT2D eigenvalue weighted by Gasteiger charge is -2.36. The number of methoxy groups -OCH3 is 1. The lowest BCUT2D eigenvalue weighted by Crippen LogP contribution is -2.56. The van der Waals surface area contributed by atoms with Crippen LogP contribution >= 0.6 is 11.8 Å². The maximum Gasteiger partial charge on any atom is 0.329 e. The first-order valence-electron chi connectivity index (χ1n) is 8.71. The number of hydrogen-bond acceptors (Lipinski definition) is 6. The van der Waals surface area contributed by atoms with E-state index < -0.39 is 16.4 Å². The molecule has 0 radical (unpaired) electrons. The van der Waals surface area contributed by atoms with Crippen molar-refractivity contribution in [1.29, 1.82) is 0 Å². The van der Waals surface area contributed by atoms with Gasteiger partial charge in [-0.15, -0.1) is 11.8 Å². The van der Waals surface area contributed by atoms with Crippen LogP contribution in [0.3, 0.4) is 0 Å². The van der Waals surface area contributed by atoms with Gasteiger partial charge in [0.05, 0.1) is 17.8 Å². The van der Waals surface area contributed by atoms with Crippen LogP contribution < -0.4 is 10.1 Å². The Morgan fingerprint density at radius 2 is 2.07 bits per heavy atom. The van der Waals surface area contributed by atoms with Crippen LogP contribution in [-0.2, 0) is 15.3 Å². The molecule has 1 aliphatic rings. The number of thioether (sulfide) groups is 1. The van der Waals surface area contributed by atoms with Crippen LogP contribution in [0.25, 0.3) is 0 Å². The number of rotatable bonds is 8. The number of carboxylic acid groups (broad SMARTS) is 1. The zero-order valence-electron chi connectivity index (χ0n) is 15.4. The molecule has 0 spiro atoms. The Labute approximate surface area is 161 Å². The van der Waals surface area contributed by atoms with Gasteiger partial charge in [0.15, 0.2) is 5.75 Å². The molecule has 27 heavy (non-hydrogen) atoms. The normalized spacial score (nSPS) is 22.1. The standard InChI is InChI=1S/C18H24N2O6S/c1-12-5-7-18(8-6-12,17(22)23)19-16(21)11-27-10-13-3-4-15(26-2)14(9-13)20(24)25/h3-4,9,12H,5-8,10-11H2,1-2H3,(H,19,21)(H,22,23). The third-order valence-corrected chi connectivity index (χ3v) is 5.86. The number of aliphatic carboxylic acids is 1. The van der Waals surface area contributed by atoms with E-state index >= 15 is 0 Å². The second kappa shape index (κ2) is 9.07. The summed E-state index contributed by atoms with van der Waals surface area (Å²) in [6, 6.07) is 4.65. The molecular weight excluding hydrogens is 372 g/mol. The summed E-state index contributed by atoms with van der Waals surface area (Å²) in [5.41, 5.74) is -0.607. The maximum absolute atomic E-state index is 12.2. The number of carboxylic acids is 1. The van der Waals surface area contributed by atoms with Gasteiger partial charge in [-0.1, -0.05) is 13.0 Å². The van der Waals surface area contributed by atoms with E-state index in [2.05, 4.69) is 12.2 Å². The summed E-state index contributed by atoms with van der Waals surface area (Å²) in [7, 11) is 1.37. The predicted octanol–water partition coefficient (Wildman–Crippen LogP) is 2.99. The fraction of sp³-hybridized carbons (Fsp3) is 0.556. The monoisotopic (exact) mass is 396 g/mol. The molecular formula is C18H24N2O6S. The molecule has 1 amide bonds. The minimum Gasteiger partial charge on any atom is -0.490 e. The molecule has 1 aromatic rings. The van der Waals surface area contributed by atoms with E-state index in [1.165, 1.54) is 31.0 Å². The Morgan fingerprint density at radius 3 is 2.63 bits per heavy atom. The van der Waals surface area contributed by atoms with Crippen molar-refractivity contribution in [3.63, 3.8) is 0 Å². The molecule has 1 aliphatic carbocycles. The summed E-state index contributed by atoms with van der Waals surface area (Å²) in [5.74, 6) is -0.186. The minimum atomic E-state index is -1.18. The highest BCUT2D eigenvalue weighted by Gasteiger charge is 2.42. The number of nitrogens with one attached hydrogen (secondary N) is 1. The van der Waals surface area contributed by atoms with Gasteiger partial charge in [-0.3, -0.25) is 14.9 Å². The van der Waals surface area contributed by atoms with Crippen molar-refractivity contribution in [3.05, 3.63) is 33.9 Å². The molecule has 0 unspecified atom stereocenters. The quantitative estimate of drug-likeness (QED) is 0.512. The topological polar surface area (TPSA) is 119 Å². The first-order valence-corrected chi connectivity index (χ1v) is 9.86. The Bertz CT molecular complexity index is 716. The predicted molar refractivity (Wildman–Crippen MR) is 102 cm³/mol. The molecule has 0 aliphatic heterocycles. The van der Waals surface area contributed by atoms with E-state index in [9.17, 15) is 24.8 Å². The summed E-state index contributed by atoms with van der Waals surface area (Å²) in [6.07, 6.45) is 2.42. The van der Waals surface area contributed by atoms with E-state index in [4.69, 9.17) is 4.74 Å². The highest BCUT2D eigenvalue weighted by atomic mass is 32.2. The van der Waals surface area contributed by atoms with E-state index in [1.807, 2.05) is 0 Å². The van der Waals surface area contributed by atoms with Crippen LogP contribution in [-0.4, -0.2) is 40.3 Å². The number of benzene rings is 1. The largest absolute Gasteiger partial charge is 0.490 e. The van der Waals surface area contributed by atoms with Crippen molar-refractivity contribution in [3.8, 4) is 5.75 Å². The van der Waals surface area contributed by atoms with Gasteiger partial charge in [-0.2, -0.15) is 0 Å². The highest BCUT2D eigenvalue weighted by molar-refractivity contribution is 7.99. The Kier molecular flexibility index (Phi) is 7.06. The SMILES string of the molecule is COc1ccc(CSCC(=O)NC2(C(=O)O)CCC(C)CC2)cc1[N+](=O)[O-]. The molecule has 0 aromatic heterocycles. The molecule has 0 heterocycles. The number of nitrogens with zero attached hydrogens (tertiary/aromatic N) is 1. The average Bonchev–Trinajstić information content (AvgIpc) is 2.63. The fourth-order valence-electron chi connectivity index (χ4n) is 3.18. The zero-order chi connectivity index (χ0) is 20.0. The van der Waals surface area contributed by atoms with Crippen LogP contribution in [0.4, 0.5) is 5.69 Å². The van der Waals surface area contributed by atoms with Gasteiger partial charge >= 0.3 is 11.7 Å². The van der Waals surface area contributed by atoms with Gasteiger partial charge in [0, 0.05) is 11.8 Å². The van der Waals surface area contributed by atoms with Gasteiger partial charge in [0.25, 0.3) is 0 Å². The van der Waals surface area contributed by atoms with E-state index in [0.29, 0.717) is 30.1 Å². The fourth-order valence-corrected chi connectivity index (χ4v) is 3.95. The Balaban J connectivity index is 1.91. The first kappa shape index (κ1) is 21.0. The van der Waals surface area contributed by atoms with Gasteiger partial charge in [-0.25, -0.2) is 4.79 Å². The summed E-state index contributed by atoms with van der Waals surface area (Å²) in [5, 5.41) is 23.3. The van der Waals surface area contributed by atoms with Crippen molar-refractivity contribution in [2.75, 3.05) is 12.9 Å². The van der Waals surface area contributed by atoms with Crippen molar-refractivity contribution >= 4 is 29.3 Å². The van der Waals surface area contributed by atoms with Crippen molar-refractivity contribution in [2.24, 2.45) is 5.92 Å². The molecule has 9 heteroatoms. The molecule has 0 atom stereocenters. The molecule has 0 bridgehead atoms. The molecule has 1 saturated carbocycles. The van der Waals surface area contributed by atoms with Gasteiger partial charge in [-0.05, 0) is 43.2 Å². The van der Waals surface area contributed by atoms with Gasteiger partial charge < -0.3 is 15.2 Å². The summed E-state index contributed by atoms with van der Waals surface area (Å²) in [4.78, 5) is 34.5. The highest BCUT2D eigenvalue weighted by Crippen LogP contribution is 2.32. The zero-order valence-corrected chi connectivity index (χ0v) is 16.2. The van der Waals surface area contributed by atoms with Crippen LogP contribution in [0.2, 0.25) is 0 Å². The molecule has 8 nitrogen and oxygen atoms in total. The molecule has 148 valence electrons. The van der Waals surface area contributed by atoms with Crippen LogP contribution in [0.1, 0.15) is 38.2 Å². The second-order valence-electron chi connectivity index (χ2n) is 6.87. The van der Waals surface area contributed by atoms with Crippen LogP contribution in [0.15, 0.2) is 18.2 Å². The Morgan fingerprint density at radius 1 is 1.41 bits per heavy atom. The first-order chi connectivity index (χ1) is 12.8. The lowest BCUT2D eigenvalue weighted by atomic mass is 9.77. The number of nitro groups is 1. The number of nitro benzene ring substituents is 1. The second-order valence-corrected chi connectivity index (χ2v) is 7.86. The smallest absolute Gasteiger partial charge is 0.329 e. The molecule has 2 rings (SSSR count). The van der Waals surface area contributed by atoms with Gasteiger partial charge in [0.2, 0.25) is 5.91 Å². The van der Waals surface area contributed by atoms with E-state index in [0.717, 1.165) is 12.8 Å². The summed E-state index contributed by atoms with van der Waals surface area (Å²) >= 11 is 1.28. The summed E-state index contributed by atoms with van der Waals surface area (Å²) in [6.45, 7) is 2.08. The Hall–Kier alpha value is -2.29. The van der Waals surface area contributed by atoms with Gasteiger partial charge in [0.1, 0.15) is 5.54 Å². The molecule has 1 aromatic carbocycles. The van der Waals surface area contributed by atoms with Crippen LogP contribution in [0, 0.1) is 16.0 Å². The molecule has 0 saturated heterocycles. The number of ether oxygens (including phenoxy) is 1. The third kappa shape index (κ3) is 5.35. The maximum atomic E-state index is 12.2. The third-order valence-electron chi connectivity index (χ3n) is 4.86. The van der Waals surface area contributed by atoms with Crippen molar-refractivity contribution in [2.45, 2.75) is 43.9 Å². The number of carbonyl (C=O) groups is 2. The number of hydrogen-bond donors (Lipinski definition) is 2. The molecule has 1 fully saturated rings. The molecule has 2 N–H and O–H groups in total. The van der Waals surface area contributed by atoms with Crippen molar-refractivity contribution < 1.29 is 24.4 Å². The number of amides is 1. The van der Waals surface area contributed by atoms with E-state index in [1.54, 1.807) is 6.07 Å². The van der Waals surface area contributed by atoms with E-state index in [-0.39, 0.29) is 23.1 Å². The van der Waals surface area contributed by atoms with Crippen molar-refractivity contribution in [1.82, 2.24) is 5.32 Å². The lowest BCUT2D eigenvalue weighted by molar-refractivity contribution is -0.385. The number of carbonyl (C=O) groups excluding carboxylic acids is 1.